The maximum atomic E-state index is 5.41. The van der Waals surface area contributed by atoms with E-state index in [0.717, 1.165) is 26.3 Å². The van der Waals surface area contributed by atoms with E-state index < -0.39 is 0 Å². The molecule has 0 amide bonds. The van der Waals surface area contributed by atoms with Crippen LogP contribution in [-0.2, 0) is 4.74 Å². The van der Waals surface area contributed by atoms with Crippen LogP contribution < -0.4 is 5.32 Å². The standard InChI is InChI=1S/C12H26N2O/c1-4-7-13-8-5-11(2)14(3)12-6-9-15-10-12/h11-13H,4-10H2,1-3H3. The third-order valence-electron chi connectivity index (χ3n) is 3.34. The van der Waals surface area contributed by atoms with Crippen molar-refractivity contribution in [2.75, 3.05) is 33.4 Å². The van der Waals surface area contributed by atoms with Crippen molar-refractivity contribution in [2.45, 2.75) is 45.2 Å². The van der Waals surface area contributed by atoms with E-state index in [-0.39, 0.29) is 0 Å². The SMILES string of the molecule is CCCNCCC(C)N(C)C1CCOC1. The Bertz CT molecular complexity index is 158. The molecular weight excluding hydrogens is 188 g/mol. The smallest absolute Gasteiger partial charge is 0.0622 e. The quantitative estimate of drug-likeness (QED) is 0.650. The molecule has 2 atom stereocenters. The summed E-state index contributed by atoms with van der Waals surface area (Å²) in [6.45, 7) is 8.65. The predicted molar refractivity (Wildman–Crippen MR) is 64.2 cm³/mol. The molecule has 1 fully saturated rings. The summed E-state index contributed by atoms with van der Waals surface area (Å²) < 4.78 is 5.41. The summed E-state index contributed by atoms with van der Waals surface area (Å²) in [5, 5.41) is 3.45. The van der Waals surface area contributed by atoms with Crippen LogP contribution in [-0.4, -0.2) is 50.3 Å². The first-order chi connectivity index (χ1) is 7.25. The number of nitrogens with one attached hydrogen (secondary N) is 1. The van der Waals surface area contributed by atoms with E-state index >= 15 is 0 Å². The van der Waals surface area contributed by atoms with Crippen molar-refractivity contribution in [3.8, 4) is 0 Å². The lowest BCUT2D eigenvalue weighted by Gasteiger charge is -2.29. The second kappa shape index (κ2) is 7.20. The Balaban J connectivity index is 2.11. The van der Waals surface area contributed by atoms with Crippen molar-refractivity contribution in [1.82, 2.24) is 10.2 Å². The van der Waals surface area contributed by atoms with Gasteiger partial charge in [-0.05, 0) is 46.3 Å². The van der Waals surface area contributed by atoms with Crippen molar-refractivity contribution in [3.05, 3.63) is 0 Å². The van der Waals surface area contributed by atoms with Gasteiger partial charge >= 0.3 is 0 Å². The van der Waals surface area contributed by atoms with Crippen molar-refractivity contribution in [2.24, 2.45) is 0 Å². The van der Waals surface area contributed by atoms with Crippen LogP contribution in [0.4, 0.5) is 0 Å². The van der Waals surface area contributed by atoms with Crippen LogP contribution in [0.25, 0.3) is 0 Å². The zero-order valence-corrected chi connectivity index (χ0v) is 10.5. The number of hydrogen-bond acceptors (Lipinski definition) is 3. The van der Waals surface area contributed by atoms with E-state index in [1.54, 1.807) is 0 Å². The minimum absolute atomic E-state index is 0.645. The van der Waals surface area contributed by atoms with E-state index in [1.165, 1.54) is 19.3 Å². The molecule has 2 unspecified atom stereocenters. The summed E-state index contributed by atoms with van der Waals surface area (Å²) >= 11 is 0. The van der Waals surface area contributed by atoms with Gasteiger partial charge in [0.15, 0.2) is 0 Å². The lowest BCUT2D eigenvalue weighted by Crippen LogP contribution is -2.40. The molecule has 1 aliphatic heterocycles. The predicted octanol–water partition coefficient (Wildman–Crippen LogP) is 1.49. The Labute approximate surface area is 94.2 Å². The monoisotopic (exact) mass is 214 g/mol. The van der Waals surface area contributed by atoms with Gasteiger partial charge in [0.05, 0.1) is 6.61 Å². The number of likely N-dealkylation sites (N-methyl/N-ethyl adjacent to an activating group) is 1. The molecule has 1 rings (SSSR count). The molecule has 1 aliphatic rings. The van der Waals surface area contributed by atoms with Crippen LogP contribution in [0.2, 0.25) is 0 Å². The van der Waals surface area contributed by atoms with E-state index in [1.807, 2.05) is 0 Å². The molecule has 1 saturated heterocycles. The van der Waals surface area contributed by atoms with Gasteiger partial charge in [-0.25, -0.2) is 0 Å². The summed E-state index contributed by atoms with van der Waals surface area (Å²) in [7, 11) is 2.23. The van der Waals surface area contributed by atoms with Gasteiger partial charge in [-0.15, -0.1) is 0 Å². The highest BCUT2D eigenvalue weighted by molar-refractivity contribution is 4.77. The summed E-state index contributed by atoms with van der Waals surface area (Å²) in [4.78, 5) is 2.47. The Hall–Kier alpha value is -0.120. The molecule has 0 bridgehead atoms. The lowest BCUT2D eigenvalue weighted by molar-refractivity contribution is 0.134. The molecule has 90 valence electrons. The number of ether oxygens (including phenoxy) is 1. The normalized spacial score (nSPS) is 23.6. The Morgan fingerprint density at radius 1 is 1.47 bits per heavy atom. The number of rotatable bonds is 7. The fourth-order valence-corrected chi connectivity index (χ4v) is 2.02. The van der Waals surface area contributed by atoms with Crippen LogP contribution in [0.15, 0.2) is 0 Å². The molecule has 3 heteroatoms. The van der Waals surface area contributed by atoms with E-state index in [4.69, 9.17) is 4.74 Å². The van der Waals surface area contributed by atoms with Crippen LogP contribution in [0.5, 0.6) is 0 Å². The van der Waals surface area contributed by atoms with Gasteiger partial charge in [0.1, 0.15) is 0 Å². The highest BCUT2D eigenvalue weighted by atomic mass is 16.5. The third kappa shape index (κ3) is 4.49. The average molecular weight is 214 g/mol. The molecule has 15 heavy (non-hydrogen) atoms. The first-order valence-electron chi connectivity index (χ1n) is 6.26. The fraction of sp³-hybridized carbons (Fsp3) is 1.00. The minimum atomic E-state index is 0.645. The zero-order chi connectivity index (χ0) is 11.1. The molecule has 1 heterocycles. The molecule has 1 N–H and O–H groups in total. The third-order valence-corrected chi connectivity index (χ3v) is 3.34. The molecule has 0 aromatic heterocycles. The Morgan fingerprint density at radius 3 is 2.87 bits per heavy atom. The summed E-state index contributed by atoms with van der Waals surface area (Å²) in [5.41, 5.74) is 0. The van der Waals surface area contributed by atoms with Gasteiger partial charge in [0, 0.05) is 18.7 Å². The number of nitrogens with zero attached hydrogens (tertiary/aromatic N) is 1. The van der Waals surface area contributed by atoms with Gasteiger partial charge < -0.3 is 10.1 Å². The highest BCUT2D eigenvalue weighted by Gasteiger charge is 2.23. The number of hydrogen-bond donors (Lipinski definition) is 1. The Kier molecular flexibility index (Phi) is 6.22. The largest absolute Gasteiger partial charge is 0.380 e. The minimum Gasteiger partial charge on any atom is -0.380 e. The molecule has 0 spiro atoms. The lowest BCUT2D eigenvalue weighted by atomic mass is 10.1. The maximum Gasteiger partial charge on any atom is 0.0622 e. The van der Waals surface area contributed by atoms with Crippen molar-refractivity contribution in [3.63, 3.8) is 0 Å². The summed E-state index contributed by atoms with van der Waals surface area (Å²) in [6, 6.07) is 1.30. The van der Waals surface area contributed by atoms with Gasteiger partial charge in [-0.1, -0.05) is 6.92 Å². The van der Waals surface area contributed by atoms with Crippen molar-refractivity contribution < 1.29 is 4.74 Å². The van der Waals surface area contributed by atoms with Gasteiger partial charge in [-0.3, -0.25) is 4.90 Å². The van der Waals surface area contributed by atoms with E-state index in [9.17, 15) is 0 Å². The molecule has 0 radical (unpaired) electrons. The van der Waals surface area contributed by atoms with E-state index in [2.05, 4.69) is 31.1 Å². The van der Waals surface area contributed by atoms with E-state index in [0.29, 0.717) is 12.1 Å². The molecule has 0 aromatic carbocycles. The second-order valence-corrected chi connectivity index (χ2v) is 4.57. The van der Waals surface area contributed by atoms with Crippen LogP contribution >= 0.6 is 0 Å². The van der Waals surface area contributed by atoms with Gasteiger partial charge in [0.2, 0.25) is 0 Å². The topological polar surface area (TPSA) is 24.5 Å². The van der Waals surface area contributed by atoms with Gasteiger partial charge in [0.25, 0.3) is 0 Å². The summed E-state index contributed by atoms with van der Waals surface area (Å²) in [5.74, 6) is 0. The molecular formula is C12H26N2O. The van der Waals surface area contributed by atoms with Crippen molar-refractivity contribution >= 4 is 0 Å². The average Bonchev–Trinajstić information content (AvgIpc) is 2.76. The maximum absolute atomic E-state index is 5.41. The van der Waals surface area contributed by atoms with Crippen molar-refractivity contribution in [1.29, 1.82) is 0 Å². The second-order valence-electron chi connectivity index (χ2n) is 4.57. The molecule has 0 aliphatic carbocycles. The first kappa shape index (κ1) is 12.9. The van der Waals surface area contributed by atoms with Crippen LogP contribution in [0.1, 0.15) is 33.1 Å². The highest BCUT2D eigenvalue weighted by Crippen LogP contribution is 2.14. The zero-order valence-electron chi connectivity index (χ0n) is 10.5. The first-order valence-corrected chi connectivity index (χ1v) is 6.26. The van der Waals surface area contributed by atoms with Gasteiger partial charge in [-0.2, -0.15) is 0 Å². The molecule has 3 nitrogen and oxygen atoms in total. The molecule has 0 saturated carbocycles. The van der Waals surface area contributed by atoms with Crippen LogP contribution in [0, 0.1) is 0 Å². The molecule has 0 aromatic rings. The summed E-state index contributed by atoms with van der Waals surface area (Å²) in [6.07, 6.45) is 3.65. The van der Waals surface area contributed by atoms with Crippen LogP contribution in [0.3, 0.4) is 0 Å². The Morgan fingerprint density at radius 2 is 2.27 bits per heavy atom. The fourth-order valence-electron chi connectivity index (χ4n) is 2.02.